The van der Waals surface area contributed by atoms with Crippen LogP contribution in [0.3, 0.4) is 0 Å². The van der Waals surface area contributed by atoms with E-state index in [1.165, 1.54) is 31.2 Å². The Kier molecular flexibility index (Phi) is 8.65. The Labute approximate surface area is 236 Å². The summed E-state index contributed by atoms with van der Waals surface area (Å²) >= 11 is 12.1. The summed E-state index contributed by atoms with van der Waals surface area (Å²) < 4.78 is 6.11. The standard InChI is InChI=1S/C30H36ClN5OS/c1-22-10-9-17-36(20-22)26-19-27(37-25-13-4-2-5-14-25)34-28(33-26)35-29(38)32-21-30(15-6-3-7-16-30)23-11-8-12-24(31)18-23/h2,4-5,8,11-14,18-19,22H,3,6-7,9-10,15-17,20-21H2,1H3,(H2,32,33,34,35,38)/t22-/m1/s1. The van der Waals surface area contributed by atoms with E-state index in [0.29, 0.717) is 22.9 Å². The van der Waals surface area contributed by atoms with Gasteiger partial charge in [-0.2, -0.15) is 9.97 Å². The Morgan fingerprint density at radius 2 is 1.87 bits per heavy atom. The van der Waals surface area contributed by atoms with Gasteiger partial charge >= 0.3 is 0 Å². The fraction of sp³-hybridized carbons (Fsp3) is 0.433. The molecule has 2 N–H and O–H groups in total. The van der Waals surface area contributed by atoms with Crippen molar-refractivity contribution < 1.29 is 4.74 Å². The lowest BCUT2D eigenvalue weighted by Gasteiger charge is -2.38. The van der Waals surface area contributed by atoms with E-state index in [4.69, 9.17) is 33.5 Å². The fourth-order valence-corrected chi connectivity index (χ4v) is 6.05. The maximum Gasteiger partial charge on any atom is 0.234 e. The summed E-state index contributed by atoms with van der Waals surface area (Å²) in [4.78, 5) is 11.8. The molecule has 1 atom stereocenters. The topological polar surface area (TPSA) is 62.3 Å². The molecule has 1 saturated heterocycles. The van der Waals surface area contributed by atoms with Crippen LogP contribution in [0.2, 0.25) is 5.02 Å². The van der Waals surface area contributed by atoms with Gasteiger partial charge in [-0.25, -0.2) is 0 Å². The Morgan fingerprint density at radius 1 is 1.05 bits per heavy atom. The highest BCUT2D eigenvalue weighted by Gasteiger charge is 2.34. The monoisotopic (exact) mass is 549 g/mol. The van der Waals surface area contributed by atoms with Crippen LogP contribution in [-0.2, 0) is 5.41 Å². The summed E-state index contributed by atoms with van der Waals surface area (Å²) in [6.45, 7) is 4.95. The van der Waals surface area contributed by atoms with Crippen molar-refractivity contribution in [2.45, 2.75) is 57.3 Å². The number of halogens is 1. The van der Waals surface area contributed by atoms with E-state index in [1.807, 2.05) is 48.5 Å². The molecule has 8 heteroatoms. The molecule has 2 heterocycles. The fourth-order valence-electron chi connectivity index (χ4n) is 5.70. The second-order valence-electron chi connectivity index (χ2n) is 10.7. The molecule has 38 heavy (non-hydrogen) atoms. The molecule has 0 spiro atoms. The number of rotatable bonds is 7. The molecular weight excluding hydrogens is 514 g/mol. The zero-order chi connectivity index (χ0) is 26.4. The van der Waals surface area contributed by atoms with Crippen molar-refractivity contribution in [1.29, 1.82) is 0 Å². The molecule has 200 valence electrons. The molecule has 1 aromatic heterocycles. The Morgan fingerprint density at radius 3 is 2.63 bits per heavy atom. The van der Waals surface area contributed by atoms with Crippen molar-refractivity contribution >= 4 is 40.7 Å². The van der Waals surface area contributed by atoms with Gasteiger partial charge in [0.25, 0.3) is 0 Å². The molecule has 2 aromatic carbocycles. The molecule has 2 aliphatic rings. The van der Waals surface area contributed by atoms with Crippen molar-refractivity contribution in [3.63, 3.8) is 0 Å². The summed E-state index contributed by atoms with van der Waals surface area (Å²) in [5.41, 5.74) is 1.28. The number of para-hydroxylation sites is 1. The maximum absolute atomic E-state index is 6.37. The number of hydrogen-bond donors (Lipinski definition) is 2. The van der Waals surface area contributed by atoms with Crippen LogP contribution in [0.25, 0.3) is 0 Å². The molecule has 2 fully saturated rings. The molecule has 0 unspecified atom stereocenters. The van der Waals surface area contributed by atoms with Crippen molar-refractivity contribution in [2.75, 3.05) is 29.9 Å². The minimum atomic E-state index is 0.00309. The van der Waals surface area contributed by atoms with Gasteiger partial charge in [-0.15, -0.1) is 0 Å². The number of thiocarbonyl (C=S) groups is 1. The van der Waals surface area contributed by atoms with Gasteiger partial charge in [-0.3, -0.25) is 0 Å². The number of benzene rings is 2. The second kappa shape index (κ2) is 12.3. The van der Waals surface area contributed by atoms with Gasteiger partial charge in [0, 0.05) is 36.1 Å². The first-order valence-electron chi connectivity index (χ1n) is 13.7. The highest BCUT2D eigenvalue weighted by atomic mass is 35.5. The van der Waals surface area contributed by atoms with E-state index in [-0.39, 0.29) is 5.41 Å². The highest BCUT2D eigenvalue weighted by molar-refractivity contribution is 7.80. The number of anilines is 2. The molecule has 6 nitrogen and oxygen atoms in total. The van der Waals surface area contributed by atoms with E-state index < -0.39 is 0 Å². The lowest BCUT2D eigenvalue weighted by atomic mass is 9.69. The van der Waals surface area contributed by atoms with Gasteiger partial charge in [0.2, 0.25) is 11.8 Å². The van der Waals surface area contributed by atoms with Gasteiger partial charge in [-0.05, 0) is 73.6 Å². The van der Waals surface area contributed by atoms with Gasteiger partial charge in [-0.1, -0.05) is 68.1 Å². The third kappa shape index (κ3) is 6.75. The molecule has 1 aliphatic carbocycles. The van der Waals surface area contributed by atoms with Crippen molar-refractivity contribution in [1.82, 2.24) is 15.3 Å². The number of nitrogens with zero attached hydrogens (tertiary/aromatic N) is 3. The molecule has 3 aromatic rings. The molecule has 5 rings (SSSR count). The minimum absolute atomic E-state index is 0.00309. The Balaban J connectivity index is 1.33. The lowest BCUT2D eigenvalue weighted by Crippen LogP contribution is -2.43. The summed E-state index contributed by atoms with van der Waals surface area (Å²) in [6.07, 6.45) is 8.28. The van der Waals surface area contributed by atoms with Gasteiger partial charge in [0.05, 0.1) is 0 Å². The quantitative estimate of drug-likeness (QED) is 0.299. The van der Waals surface area contributed by atoms with Gasteiger partial charge in [0.15, 0.2) is 5.11 Å². The number of hydrogen-bond acceptors (Lipinski definition) is 5. The summed E-state index contributed by atoms with van der Waals surface area (Å²) in [5.74, 6) is 3.13. The van der Waals surface area contributed by atoms with E-state index in [2.05, 4.69) is 39.6 Å². The van der Waals surface area contributed by atoms with Crippen LogP contribution in [0.4, 0.5) is 11.8 Å². The first kappa shape index (κ1) is 26.7. The molecule has 0 bridgehead atoms. The Bertz CT molecular complexity index is 1230. The van der Waals surface area contributed by atoms with Gasteiger partial charge < -0.3 is 20.3 Å². The van der Waals surface area contributed by atoms with E-state index in [0.717, 1.165) is 55.5 Å². The second-order valence-corrected chi connectivity index (χ2v) is 11.5. The molecule has 0 radical (unpaired) electrons. The predicted molar refractivity (Wildman–Crippen MR) is 160 cm³/mol. The van der Waals surface area contributed by atoms with E-state index in [1.54, 1.807) is 0 Å². The van der Waals surface area contributed by atoms with Gasteiger partial charge in [0.1, 0.15) is 11.6 Å². The molecule has 1 aliphatic heterocycles. The average molecular weight is 550 g/mol. The number of nitrogens with one attached hydrogen (secondary N) is 2. The van der Waals surface area contributed by atoms with Crippen molar-refractivity contribution in [3.8, 4) is 11.6 Å². The van der Waals surface area contributed by atoms with Crippen LogP contribution < -0.4 is 20.3 Å². The maximum atomic E-state index is 6.37. The minimum Gasteiger partial charge on any atom is -0.439 e. The summed E-state index contributed by atoms with van der Waals surface area (Å²) in [7, 11) is 0. The highest BCUT2D eigenvalue weighted by Crippen LogP contribution is 2.40. The van der Waals surface area contributed by atoms with Crippen LogP contribution in [0, 0.1) is 5.92 Å². The summed E-state index contributed by atoms with van der Waals surface area (Å²) in [5, 5.41) is 8.00. The third-order valence-electron chi connectivity index (χ3n) is 7.70. The van der Waals surface area contributed by atoms with Crippen LogP contribution in [0.15, 0.2) is 60.7 Å². The van der Waals surface area contributed by atoms with E-state index in [9.17, 15) is 0 Å². The predicted octanol–water partition coefficient (Wildman–Crippen LogP) is 7.35. The van der Waals surface area contributed by atoms with Crippen LogP contribution in [0.1, 0.15) is 57.4 Å². The first-order valence-corrected chi connectivity index (χ1v) is 14.5. The molecular formula is C30H36ClN5OS. The smallest absolute Gasteiger partial charge is 0.234 e. The normalized spacial score (nSPS) is 19.0. The summed E-state index contributed by atoms with van der Waals surface area (Å²) in [6, 6.07) is 19.9. The first-order chi connectivity index (χ1) is 18.5. The molecule has 0 amide bonds. The zero-order valence-electron chi connectivity index (χ0n) is 22.0. The van der Waals surface area contributed by atoms with Crippen LogP contribution in [-0.4, -0.2) is 34.7 Å². The zero-order valence-corrected chi connectivity index (χ0v) is 23.5. The number of piperidine rings is 1. The SMILES string of the molecule is C[C@@H]1CCCN(c2cc(Oc3ccccc3)nc(NC(=S)NCC3(c4cccc(Cl)c4)CCCCC3)n2)C1. The van der Waals surface area contributed by atoms with E-state index >= 15 is 0 Å². The lowest BCUT2D eigenvalue weighted by molar-refractivity contribution is 0.292. The number of aromatic nitrogens is 2. The number of ether oxygens (including phenoxy) is 1. The van der Waals surface area contributed by atoms with Crippen molar-refractivity contribution in [3.05, 3.63) is 71.2 Å². The Hall–Kier alpha value is -2.90. The van der Waals surface area contributed by atoms with Crippen molar-refractivity contribution in [2.24, 2.45) is 5.92 Å². The largest absolute Gasteiger partial charge is 0.439 e. The van der Waals surface area contributed by atoms with Crippen LogP contribution >= 0.6 is 23.8 Å². The third-order valence-corrected chi connectivity index (χ3v) is 8.18. The van der Waals surface area contributed by atoms with Crippen LogP contribution in [0.5, 0.6) is 11.6 Å². The molecule has 1 saturated carbocycles. The average Bonchev–Trinajstić information content (AvgIpc) is 2.93.